The Kier molecular flexibility index (Phi) is 5.17. The van der Waals surface area contributed by atoms with Gasteiger partial charge in [0.1, 0.15) is 11.5 Å². The third-order valence-corrected chi connectivity index (χ3v) is 2.21. The molecule has 0 atom stereocenters. The highest BCUT2D eigenvalue weighted by atomic mass is 16.6. The lowest BCUT2D eigenvalue weighted by atomic mass is 10.1. The van der Waals surface area contributed by atoms with Crippen LogP contribution in [0.15, 0.2) is 18.2 Å². The minimum absolute atomic E-state index is 0.156. The molecule has 0 radical (unpaired) electrons. The van der Waals surface area contributed by atoms with Crippen LogP contribution in [0.5, 0.6) is 11.5 Å². The molecule has 0 saturated heterocycles. The highest BCUT2D eigenvalue weighted by molar-refractivity contribution is 5.97. The van der Waals surface area contributed by atoms with Gasteiger partial charge >= 0.3 is 5.97 Å². The molecule has 0 bridgehead atoms. The number of ketones is 1. The standard InChI is InChI=1S/C13H16O5/c1-4-17-10-5-6-12(11(7-10)9(2)14)18-8-13(15)16-3/h5-7H,4,8H2,1-3H3. The second-order valence-electron chi connectivity index (χ2n) is 3.51. The van der Waals surface area contributed by atoms with Crippen LogP contribution in [0.3, 0.4) is 0 Å². The zero-order valence-electron chi connectivity index (χ0n) is 10.7. The van der Waals surface area contributed by atoms with Crippen molar-refractivity contribution in [3.05, 3.63) is 23.8 Å². The van der Waals surface area contributed by atoms with Crippen molar-refractivity contribution >= 4 is 11.8 Å². The molecule has 0 aliphatic rings. The van der Waals surface area contributed by atoms with Crippen molar-refractivity contribution in [3.8, 4) is 11.5 Å². The van der Waals surface area contributed by atoms with Gasteiger partial charge in [0.15, 0.2) is 12.4 Å². The number of carbonyl (C=O) groups is 2. The fraction of sp³-hybridized carbons (Fsp3) is 0.385. The van der Waals surface area contributed by atoms with E-state index in [9.17, 15) is 9.59 Å². The molecule has 18 heavy (non-hydrogen) atoms. The molecule has 0 fully saturated rings. The SMILES string of the molecule is CCOc1ccc(OCC(=O)OC)c(C(C)=O)c1. The Morgan fingerprint density at radius 1 is 1.22 bits per heavy atom. The maximum Gasteiger partial charge on any atom is 0.343 e. The minimum Gasteiger partial charge on any atom is -0.494 e. The normalized spacial score (nSPS) is 9.72. The van der Waals surface area contributed by atoms with Crippen LogP contribution in [-0.4, -0.2) is 32.1 Å². The summed E-state index contributed by atoms with van der Waals surface area (Å²) in [4.78, 5) is 22.5. The lowest BCUT2D eigenvalue weighted by molar-refractivity contribution is -0.142. The minimum atomic E-state index is -0.501. The summed E-state index contributed by atoms with van der Waals surface area (Å²) in [6.07, 6.45) is 0. The van der Waals surface area contributed by atoms with Gasteiger partial charge in [0, 0.05) is 0 Å². The van der Waals surface area contributed by atoms with Crippen molar-refractivity contribution in [1.29, 1.82) is 0 Å². The summed E-state index contributed by atoms with van der Waals surface area (Å²) in [5, 5.41) is 0. The molecule has 1 rings (SSSR count). The summed E-state index contributed by atoms with van der Waals surface area (Å²) in [5.74, 6) is 0.277. The van der Waals surface area contributed by atoms with E-state index in [2.05, 4.69) is 4.74 Å². The van der Waals surface area contributed by atoms with E-state index in [0.29, 0.717) is 23.7 Å². The van der Waals surface area contributed by atoms with Crippen LogP contribution in [0, 0.1) is 0 Å². The van der Waals surface area contributed by atoms with Crippen molar-refractivity contribution in [1.82, 2.24) is 0 Å². The summed E-state index contributed by atoms with van der Waals surface area (Å²) < 4.78 is 15.0. The van der Waals surface area contributed by atoms with E-state index in [0.717, 1.165) is 0 Å². The Labute approximate surface area is 106 Å². The molecule has 0 unspecified atom stereocenters. The van der Waals surface area contributed by atoms with Gasteiger partial charge in [-0.3, -0.25) is 4.79 Å². The number of carbonyl (C=O) groups excluding carboxylic acids is 2. The first-order valence-electron chi connectivity index (χ1n) is 5.55. The molecule has 0 spiro atoms. The van der Waals surface area contributed by atoms with E-state index in [1.54, 1.807) is 18.2 Å². The van der Waals surface area contributed by atoms with E-state index in [1.807, 2.05) is 6.92 Å². The first-order valence-corrected chi connectivity index (χ1v) is 5.55. The smallest absolute Gasteiger partial charge is 0.343 e. The number of hydrogen-bond acceptors (Lipinski definition) is 5. The van der Waals surface area contributed by atoms with Crippen molar-refractivity contribution in [3.63, 3.8) is 0 Å². The fourth-order valence-corrected chi connectivity index (χ4v) is 1.36. The second-order valence-corrected chi connectivity index (χ2v) is 3.51. The van der Waals surface area contributed by atoms with E-state index in [-0.39, 0.29) is 12.4 Å². The van der Waals surface area contributed by atoms with Crippen molar-refractivity contribution in [2.75, 3.05) is 20.3 Å². The van der Waals surface area contributed by atoms with Gasteiger partial charge in [0.05, 0.1) is 19.3 Å². The summed E-state index contributed by atoms with van der Waals surface area (Å²) in [5.41, 5.74) is 0.379. The van der Waals surface area contributed by atoms with Crippen LogP contribution >= 0.6 is 0 Å². The molecule has 5 heteroatoms. The Morgan fingerprint density at radius 3 is 2.50 bits per heavy atom. The average Bonchev–Trinajstić information content (AvgIpc) is 2.36. The van der Waals surface area contributed by atoms with Gasteiger partial charge in [-0.05, 0) is 32.0 Å². The van der Waals surface area contributed by atoms with Crippen LogP contribution in [0.4, 0.5) is 0 Å². The van der Waals surface area contributed by atoms with Gasteiger partial charge < -0.3 is 14.2 Å². The summed E-state index contributed by atoms with van der Waals surface area (Å²) in [7, 11) is 1.27. The predicted octanol–water partition coefficient (Wildman–Crippen LogP) is 1.84. The second kappa shape index (κ2) is 6.64. The monoisotopic (exact) mass is 252 g/mol. The lowest BCUT2D eigenvalue weighted by Gasteiger charge is -2.11. The molecule has 0 N–H and O–H groups in total. The molecule has 0 amide bonds. The highest BCUT2D eigenvalue weighted by Gasteiger charge is 2.12. The average molecular weight is 252 g/mol. The number of benzene rings is 1. The zero-order valence-corrected chi connectivity index (χ0v) is 10.7. The molecule has 0 saturated carbocycles. The maximum absolute atomic E-state index is 11.5. The quantitative estimate of drug-likeness (QED) is 0.571. The molecule has 0 aromatic heterocycles. The lowest BCUT2D eigenvalue weighted by Crippen LogP contribution is -2.14. The van der Waals surface area contributed by atoms with Gasteiger partial charge in [-0.1, -0.05) is 0 Å². The van der Waals surface area contributed by atoms with Crippen LogP contribution in [-0.2, 0) is 9.53 Å². The first-order chi connectivity index (χ1) is 8.58. The predicted molar refractivity (Wildman–Crippen MR) is 65.1 cm³/mol. The van der Waals surface area contributed by atoms with E-state index in [4.69, 9.17) is 9.47 Å². The van der Waals surface area contributed by atoms with Gasteiger partial charge in [-0.25, -0.2) is 4.79 Å². The number of hydrogen-bond donors (Lipinski definition) is 0. The number of esters is 1. The van der Waals surface area contributed by atoms with Crippen LogP contribution in [0.25, 0.3) is 0 Å². The first kappa shape index (κ1) is 14.0. The molecular weight excluding hydrogens is 236 g/mol. The van der Waals surface area contributed by atoms with Crippen LogP contribution < -0.4 is 9.47 Å². The van der Waals surface area contributed by atoms with Gasteiger partial charge in [-0.2, -0.15) is 0 Å². The van der Waals surface area contributed by atoms with E-state index in [1.165, 1.54) is 14.0 Å². The fourth-order valence-electron chi connectivity index (χ4n) is 1.36. The summed E-state index contributed by atoms with van der Waals surface area (Å²) >= 11 is 0. The van der Waals surface area contributed by atoms with Crippen LogP contribution in [0.2, 0.25) is 0 Å². The van der Waals surface area contributed by atoms with E-state index < -0.39 is 5.97 Å². The molecule has 98 valence electrons. The largest absolute Gasteiger partial charge is 0.494 e. The van der Waals surface area contributed by atoms with Crippen molar-refractivity contribution in [2.24, 2.45) is 0 Å². The molecule has 1 aromatic carbocycles. The Bertz CT molecular complexity index is 439. The Morgan fingerprint density at radius 2 is 1.94 bits per heavy atom. The molecule has 0 heterocycles. The van der Waals surface area contributed by atoms with Crippen LogP contribution in [0.1, 0.15) is 24.2 Å². The molecular formula is C13H16O5. The van der Waals surface area contributed by atoms with Gasteiger partial charge in [0.2, 0.25) is 0 Å². The number of rotatable bonds is 6. The third kappa shape index (κ3) is 3.76. The summed E-state index contributed by atoms with van der Waals surface area (Å²) in [6.45, 7) is 3.57. The molecule has 0 aliphatic carbocycles. The number of ether oxygens (including phenoxy) is 3. The highest BCUT2D eigenvalue weighted by Crippen LogP contribution is 2.24. The molecule has 1 aromatic rings. The molecule has 0 aliphatic heterocycles. The van der Waals surface area contributed by atoms with Gasteiger partial charge in [0.25, 0.3) is 0 Å². The van der Waals surface area contributed by atoms with E-state index >= 15 is 0 Å². The maximum atomic E-state index is 11.5. The number of methoxy groups -OCH3 is 1. The zero-order chi connectivity index (χ0) is 13.5. The summed E-state index contributed by atoms with van der Waals surface area (Å²) in [6, 6.07) is 4.88. The van der Waals surface area contributed by atoms with Gasteiger partial charge in [-0.15, -0.1) is 0 Å². The topological polar surface area (TPSA) is 61.8 Å². The van der Waals surface area contributed by atoms with Crippen molar-refractivity contribution < 1.29 is 23.8 Å². The number of Topliss-reactive ketones (excluding diaryl/α,β-unsaturated/α-hetero) is 1. The third-order valence-electron chi connectivity index (χ3n) is 2.21. The Hall–Kier alpha value is -2.04. The molecule has 5 nitrogen and oxygen atoms in total. The Balaban J connectivity index is 2.89. The van der Waals surface area contributed by atoms with Crippen molar-refractivity contribution in [2.45, 2.75) is 13.8 Å².